The van der Waals surface area contributed by atoms with Gasteiger partial charge in [-0.2, -0.15) is 4.98 Å². The van der Waals surface area contributed by atoms with Crippen LogP contribution in [0.15, 0.2) is 48.6 Å². The minimum absolute atomic E-state index is 0.230. The molecule has 1 aromatic heterocycles. The Bertz CT molecular complexity index is 1010. The third-order valence-corrected chi connectivity index (χ3v) is 5.19. The molecule has 0 bridgehead atoms. The van der Waals surface area contributed by atoms with Gasteiger partial charge in [0, 0.05) is 11.3 Å². The van der Waals surface area contributed by atoms with Gasteiger partial charge in [0.05, 0.1) is 10.0 Å². The minimum Gasteiger partial charge on any atom is -0.368 e. The highest BCUT2D eigenvalue weighted by Gasteiger charge is 2.13. The molecule has 4 N–H and O–H groups in total. The zero-order valence-electron chi connectivity index (χ0n) is 17.5. The zero-order valence-corrected chi connectivity index (χ0v) is 19.0. The van der Waals surface area contributed by atoms with Gasteiger partial charge in [0.2, 0.25) is 11.9 Å². The number of allylic oxidation sites excluding steroid dienone is 1. The number of nitrogens with one attached hydrogen (secondary N) is 2. The van der Waals surface area contributed by atoms with E-state index in [-0.39, 0.29) is 11.4 Å². The number of H-pyrrole nitrogens is 1. The van der Waals surface area contributed by atoms with Gasteiger partial charge in [0.1, 0.15) is 0 Å². The Labute approximate surface area is 187 Å². The summed E-state index contributed by atoms with van der Waals surface area (Å²) in [5, 5.41) is 10.6. The third kappa shape index (κ3) is 6.00. The van der Waals surface area contributed by atoms with Gasteiger partial charge in [-0.1, -0.05) is 80.4 Å². The van der Waals surface area contributed by atoms with Crippen LogP contribution < -0.4 is 11.1 Å². The number of hydrogen-bond acceptors (Lipinski definition) is 4. The summed E-state index contributed by atoms with van der Waals surface area (Å²) in [7, 11) is 0. The molecule has 7 heteroatoms. The zero-order chi connectivity index (χ0) is 21.9. The summed E-state index contributed by atoms with van der Waals surface area (Å²) in [5.41, 5.74) is 10.8. The van der Waals surface area contributed by atoms with Crippen molar-refractivity contribution in [1.82, 2.24) is 15.2 Å². The molecule has 0 spiro atoms. The maximum absolute atomic E-state index is 6.54. The quantitative estimate of drug-likeness (QED) is 0.342. The smallest absolute Gasteiger partial charge is 0.248 e. The highest BCUT2D eigenvalue weighted by atomic mass is 35.5. The van der Waals surface area contributed by atoms with E-state index in [1.807, 2.05) is 0 Å². The van der Waals surface area contributed by atoms with E-state index < -0.39 is 0 Å². The van der Waals surface area contributed by atoms with E-state index in [0.29, 0.717) is 21.7 Å². The first-order chi connectivity index (χ1) is 14.1. The number of nitrogens with two attached hydrogens (primary N) is 1. The lowest BCUT2D eigenvalue weighted by Gasteiger charge is -2.19. The number of aromatic amines is 1. The molecule has 158 valence electrons. The second-order valence-corrected chi connectivity index (χ2v) is 9.48. The van der Waals surface area contributed by atoms with Crippen molar-refractivity contribution >= 4 is 40.8 Å². The number of aromatic nitrogens is 3. The standard InChI is InChI=1S/C23H27Cl2N5/c1-14(13-23(2,3)4)5-6-15-7-9-16(10-8-15)20-18(24)11-17(12-19(20)25)27-22-28-21(26)29-30-22/h7-12H,1,5-6,13H2,2-4H3,(H4,26,27,28,29,30). The molecular formula is C23H27Cl2N5. The Hall–Kier alpha value is -2.50. The molecule has 3 aromatic rings. The van der Waals surface area contributed by atoms with Crippen molar-refractivity contribution in [2.45, 2.75) is 40.0 Å². The van der Waals surface area contributed by atoms with Crippen molar-refractivity contribution in [3.63, 3.8) is 0 Å². The van der Waals surface area contributed by atoms with Gasteiger partial charge in [-0.15, -0.1) is 5.10 Å². The van der Waals surface area contributed by atoms with Crippen molar-refractivity contribution < 1.29 is 0 Å². The van der Waals surface area contributed by atoms with Gasteiger partial charge in [0.25, 0.3) is 0 Å². The van der Waals surface area contributed by atoms with Gasteiger partial charge in [-0.3, -0.25) is 0 Å². The molecule has 30 heavy (non-hydrogen) atoms. The van der Waals surface area contributed by atoms with Gasteiger partial charge >= 0.3 is 0 Å². The largest absolute Gasteiger partial charge is 0.368 e. The maximum Gasteiger partial charge on any atom is 0.248 e. The average molecular weight is 444 g/mol. The molecule has 0 atom stereocenters. The number of nitrogens with zero attached hydrogens (tertiary/aromatic N) is 2. The third-order valence-electron chi connectivity index (χ3n) is 4.59. The first-order valence-corrected chi connectivity index (χ1v) is 10.6. The molecule has 0 radical (unpaired) electrons. The predicted octanol–water partition coefficient (Wildman–Crippen LogP) is 7.03. The molecule has 0 fully saturated rings. The van der Waals surface area contributed by atoms with E-state index in [4.69, 9.17) is 28.9 Å². The van der Waals surface area contributed by atoms with E-state index >= 15 is 0 Å². The Kier molecular flexibility index (Phi) is 6.74. The second kappa shape index (κ2) is 9.11. The van der Waals surface area contributed by atoms with E-state index in [9.17, 15) is 0 Å². The molecule has 3 rings (SSSR count). The summed E-state index contributed by atoms with van der Waals surface area (Å²) in [4.78, 5) is 4.01. The van der Waals surface area contributed by atoms with Crippen molar-refractivity contribution in [1.29, 1.82) is 0 Å². The first kappa shape index (κ1) is 22.2. The van der Waals surface area contributed by atoms with E-state index in [0.717, 1.165) is 30.4 Å². The van der Waals surface area contributed by atoms with Gasteiger partial charge in [-0.05, 0) is 47.9 Å². The summed E-state index contributed by atoms with van der Waals surface area (Å²) in [6.45, 7) is 10.9. The van der Waals surface area contributed by atoms with Crippen LogP contribution in [-0.2, 0) is 6.42 Å². The number of benzene rings is 2. The van der Waals surface area contributed by atoms with E-state index in [1.165, 1.54) is 11.1 Å². The van der Waals surface area contributed by atoms with Crippen molar-refractivity contribution in [2.75, 3.05) is 11.1 Å². The normalized spacial score (nSPS) is 11.5. The molecule has 0 saturated carbocycles. The van der Waals surface area contributed by atoms with Gasteiger partial charge in [-0.25, -0.2) is 5.10 Å². The fourth-order valence-corrected chi connectivity index (χ4v) is 4.08. The monoisotopic (exact) mass is 443 g/mol. The van der Waals surface area contributed by atoms with Crippen LogP contribution in [0.3, 0.4) is 0 Å². The fraction of sp³-hybridized carbons (Fsp3) is 0.304. The van der Waals surface area contributed by atoms with Crippen molar-refractivity contribution in [3.8, 4) is 11.1 Å². The van der Waals surface area contributed by atoms with E-state index in [2.05, 4.69) is 72.1 Å². The van der Waals surface area contributed by atoms with Crippen LogP contribution in [-0.4, -0.2) is 15.2 Å². The van der Waals surface area contributed by atoms with Crippen LogP contribution in [0.1, 0.15) is 39.2 Å². The van der Waals surface area contributed by atoms with Crippen LogP contribution in [0.25, 0.3) is 11.1 Å². The molecule has 0 aliphatic carbocycles. The SMILES string of the molecule is C=C(CCc1ccc(-c2c(Cl)cc(Nc3n[nH]c(N)n3)cc2Cl)cc1)CC(C)(C)C. The Balaban J connectivity index is 1.70. The van der Waals surface area contributed by atoms with Gasteiger partial charge < -0.3 is 11.1 Å². The molecule has 2 aromatic carbocycles. The number of rotatable bonds is 7. The van der Waals surface area contributed by atoms with Crippen LogP contribution in [0.2, 0.25) is 10.0 Å². The van der Waals surface area contributed by atoms with Crippen molar-refractivity contribution in [3.05, 3.63) is 64.2 Å². The molecule has 0 unspecified atom stereocenters. The Morgan fingerprint density at radius 1 is 1.13 bits per heavy atom. The number of halogens is 2. The Morgan fingerprint density at radius 3 is 2.30 bits per heavy atom. The molecule has 0 saturated heterocycles. The topological polar surface area (TPSA) is 79.6 Å². The molecular weight excluding hydrogens is 417 g/mol. The summed E-state index contributed by atoms with van der Waals surface area (Å²) in [6.07, 6.45) is 3.00. The van der Waals surface area contributed by atoms with E-state index in [1.54, 1.807) is 12.1 Å². The predicted molar refractivity (Wildman–Crippen MR) is 128 cm³/mol. The highest BCUT2D eigenvalue weighted by molar-refractivity contribution is 6.39. The fourth-order valence-electron chi connectivity index (χ4n) is 3.38. The molecule has 1 heterocycles. The number of anilines is 3. The van der Waals surface area contributed by atoms with Gasteiger partial charge in [0.15, 0.2) is 0 Å². The maximum atomic E-state index is 6.54. The molecule has 0 aliphatic heterocycles. The number of nitrogen functional groups attached to an aromatic ring is 1. The summed E-state index contributed by atoms with van der Waals surface area (Å²) >= 11 is 13.1. The summed E-state index contributed by atoms with van der Waals surface area (Å²) < 4.78 is 0. The molecule has 0 aliphatic rings. The minimum atomic E-state index is 0.230. The Morgan fingerprint density at radius 2 is 1.77 bits per heavy atom. The first-order valence-electron chi connectivity index (χ1n) is 9.80. The average Bonchev–Trinajstić information content (AvgIpc) is 3.04. The van der Waals surface area contributed by atoms with Crippen LogP contribution in [0.4, 0.5) is 17.6 Å². The molecule has 5 nitrogen and oxygen atoms in total. The lowest BCUT2D eigenvalue weighted by Crippen LogP contribution is -2.06. The highest BCUT2D eigenvalue weighted by Crippen LogP contribution is 2.38. The lowest BCUT2D eigenvalue weighted by molar-refractivity contribution is 0.405. The van der Waals surface area contributed by atoms with Crippen LogP contribution in [0.5, 0.6) is 0 Å². The second-order valence-electron chi connectivity index (χ2n) is 8.67. The number of hydrogen-bond donors (Lipinski definition) is 3. The summed E-state index contributed by atoms with van der Waals surface area (Å²) in [6, 6.07) is 11.9. The van der Waals surface area contributed by atoms with Crippen LogP contribution in [0, 0.1) is 5.41 Å². The summed E-state index contributed by atoms with van der Waals surface area (Å²) in [5.74, 6) is 0.582. The number of aryl methyl sites for hydroxylation is 1. The van der Waals surface area contributed by atoms with Crippen molar-refractivity contribution in [2.24, 2.45) is 5.41 Å². The lowest BCUT2D eigenvalue weighted by atomic mass is 9.86. The van der Waals surface area contributed by atoms with Crippen LogP contribution >= 0.6 is 23.2 Å². The molecule has 0 amide bonds.